The minimum Gasteiger partial charge on any atom is -0.399 e. The van der Waals surface area contributed by atoms with Crippen LogP contribution < -0.4 is 11.1 Å². The maximum Gasteiger partial charge on any atom is 0.272 e. The fourth-order valence-corrected chi connectivity index (χ4v) is 2.24. The number of nitrogens with zero attached hydrogens (tertiary/aromatic N) is 3. The third-order valence-electron chi connectivity index (χ3n) is 3.39. The summed E-state index contributed by atoms with van der Waals surface area (Å²) in [5.41, 5.74) is 8.57. The van der Waals surface area contributed by atoms with Crippen molar-refractivity contribution in [2.75, 3.05) is 12.3 Å². The number of benzene rings is 1. The number of nitrogen functional groups attached to an aromatic ring is 1. The maximum absolute atomic E-state index is 12.2. The van der Waals surface area contributed by atoms with Gasteiger partial charge in [-0.15, -0.1) is 0 Å². The number of nitrogens with one attached hydrogen (secondary N) is 2. The molecule has 0 unspecified atom stereocenters. The number of aromatic nitrogens is 4. The molecule has 21 heavy (non-hydrogen) atoms. The van der Waals surface area contributed by atoms with Crippen LogP contribution in [0.4, 0.5) is 5.69 Å². The van der Waals surface area contributed by atoms with Gasteiger partial charge in [0.1, 0.15) is 0 Å². The smallest absolute Gasteiger partial charge is 0.272 e. The Kier molecular flexibility index (Phi) is 3.31. The molecular formula is C14H16N6O. The van der Waals surface area contributed by atoms with E-state index in [1.54, 1.807) is 23.0 Å². The van der Waals surface area contributed by atoms with Crippen molar-refractivity contribution in [3.63, 3.8) is 0 Å². The molecule has 0 radical (unpaired) electrons. The van der Waals surface area contributed by atoms with Crippen molar-refractivity contribution >= 4 is 22.5 Å². The lowest BCUT2D eigenvalue weighted by atomic mass is 10.2. The first-order valence-corrected chi connectivity index (χ1v) is 6.64. The van der Waals surface area contributed by atoms with E-state index >= 15 is 0 Å². The zero-order valence-corrected chi connectivity index (χ0v) is 11.6. The molecule has 0 spiro atoms. The number of aromatic amines is 1. The van der Waals surface area contributed by atoms with E-state index in [0.717, 1.165) is 16.6 Å². The summed E-state index contributed by atoms with van der Waals surface area (Å²) >= 11 is 0. The number of H-pyrrole nitrogens is 1. The molecule has 7 nitrogen and oxygen atoms in total. The minimum absolute atomic E-state index is 0.214. The molecule has 0 saturated carbocycles. The van der Waals surface area contributed by atoms with Crippen LogP contribution in [0, 0.1) is 0 Å². The third-order valence-corrected chi connectivity index (χ3v) is 3.39. The van der Waals surface area contributed by atoms with Crippen molar-refractivity contribution < 1.29 is 4.79 Å². The molecule has 1 amide bonds. The number of hydrogen-bond donors (Lipinski definition) is 3. The number of carbonyl (C=O) groups excluding carboxylic acids is 1. The van der Waals surface area contributed by atoms with Gasteiger partial charge in [0, 0.05) is 43.0 Å². The Morgan fingerprint density at radius 3 is 3.05 bits per heavy atom. The van der Waals surface area contributed by atoms with Crippen molar-refractivity contribution in [2.45, 2.75) is 6.42 Å². The molecule has 3 rings (SSSR count). The molecule has 2 aromatic heterocycles. The van der Waals surface area contributed by atoms with E-state index in [9.17, 15) is 4.79 Å². The number of aryl methyl sites for hydroxylation is 1. The summed E-state index contributed by atoms with van der Waals surface area (Å²) in [5, 5.41) is 14.6. The zero-order chi connectivity index (χ0) is 14.8. The van der Waals surface area contributed by atoms with Crippen LogP contribution in [-0.2, 0) is 13.5 Å². The number of hydrogen-bond acceptors (Lipinski definition) is 4. The fraction of sp³-hybridized carbons (Fsp3) is 0.214. The van der Waals surface area contributed by atoms with Gasteiger partial charge in [-0.2, -0.15) is 10.2 Å². The summed E-state index contributed by atoms with van der Waals surface area (Å²) in [6.07, 6.45) is 2.45. The van der Waals surface area contributed by atoms with Crippen LogP contribution >= 0.6 is 0 Å². The number of anilines is 1. The standard InChI is InChI=1S/C14H16N6O/c1-20-10(5-7-17-20)4-6-16-14(21)13-11-8-9(15)2-3-12(11)18-19-13/h2-3,5,7-8H,4,6,15H2,1H3,(H,16,21)(H,18,19). The van der Waals surface area contributed by atoms with Gasteiger partial charge in [-0.05, 0) is 24.3 Å². The van der Waals surface area contributed by atoms with Crippen LogP contribution in [0.3, 0.4) is 0 Å². The normalized spacial score (nSPS) is 10.9. The molecule has 0 aliphatic rings. The van der Waals surface area contributed by atoms with Gasteiger partial charge in [-0.3, -0.25) is 14.6 Å². The second-order valence-corrected chi connectivity index (χ2v) is 4.83. The van der Waals surface area contributed by atoms with Crippen molar-refractivity contribution in [3.8, 4) is 0 Å². The van der Waals surface area contributed by atoms with Gasteiger partial charge in [0.05, 0.1) is 5.52 Å². The monoisotopic (exact) mass is 284 g/mol. The zero-order valence-electron chi connectivity index (χ0n) is 11.6. The van der Waals surface area contributed by atoms with Crippen LogP contribution in [0.1, 0.15) is 16.2 Å². The van der Waals surface area contributed by atoms with E-state index in [1.807, 2.05) is 19.2 Å². The Bertz CT molecular complexity index is 788. The van der Waals surface area contributed by atoms with Crippen molar-refractivity contribution in [2.24, 2.45) is 7.05 Å². The first-order valence-electron chi connectivity index (χ1n) is 6.64. The molecule has 0 atom stereocenters. The van der Waals surface area contributed by atoms with E-state index in [2.05, 4.69) is 20.6 Å². The van der Waals surface area contributed by atoms with Crippen LogP contribution in [0.5, 0.6) is 0 Å². The molecule has 1 aromatic carbocycles. The van der Waals surface area contributed by atoms with Crippen LogP contribution in [-0.4, -0.2) is 32.4 Å². The highest BCUT2D eigenvalue weighted by atomic mass is 16.1. The van der Waals surface area contributed by atoms with Crippen LogP contribution in [0.25, 0.3) is 10.9 Å². The van der Waals surface area contributed by atoms with Crippen LogP contribution in [0.15, 0.2) is 30.5 Å². The molecule has 7 heteroatoms. The predicted octanol–water partition coefficient (Wildman–Crippen LogP) is 0.851. The predicted molar refractivity (Wildman–Crippen MR) is 79.8 cm³/mol. The maximum atomic E-state index is 12.2. The lowest BCUT2D eigenvalue weighted by Crippen LogP contribution is -2.26. The number of nitrogens with two attached hydrogens (primary N) is 1. The average molecular weight is 284 g/mol. The number of carbonyl (C=O) groups is 1. The SMILES string of the molecule is Cn1nccc1CCNC(=O)c1n[nH]c2ccc(N)cc12. The van der Waals surface area contributed by atoms with E-state index in [0.29, 0.717) is 24.3 Å². The van der Waals surface area contributed by atoms with E-state index in [-0.39, 0.29) is 5.91 Å². The quantitative estimate of drug-likeness (QED) is 0.618. The van der Waals surface area contributed by atoms with Crippen molar-refractivity contribution in [1.29, 1.82) is 0 Å². The Labute approximate surface area is 121 Å². The minimum atomic E-state index is -0.214. The molecule has 0 aliphatic heterocycles. The Hall–Kier alpha value is -2.83. The van der Waals surface area contributed by atoms with Gasteiger partial charge >= 0.3 is 0 Å². The molecule has 0 aliphatic carbocycles. The lowest BCUT2D eigenvalue weighted by Gasteiger charge is -2.04. The Balaban J connectivity index is 1.69. The molecular weight excluding hydrogens is 268 g/mol. The molecule has 3 aromatic rings. The van der Waals surface area contributed by atoms with Gasteiger partial charge in [0.2, 0.25) is 0 Å². The summed E-state index contributed by atoms with van der Waals surface area (Å²) in [5.74, 6) is -0.214. The van der Waals surface area contributed by atoms with Crippen molar-refractivity contribution in [3.05, 3.63) is 41.9 Å². The Morgan fingerprint density at radius 2 is 2.29 bits per heavy atom. The molecule has 0 fully saturated rings. The van der Waals surface area contributed by atoms with Crippen LogP contribution in [0.2, 0.25) is 0 Å². The third kappa shape index (κ3) is 2.58. The van der Waals surface area contributed by atoms with Gasteiger partial charge in [-0.25, -0.2) is 0 Å². The summed E-state index contributed by atoms with van der Waals surface area (Å²) in [4.78, 5) is 12.2. The fourth-order valence-electron chi connectivity index (χ4n) is 2.24. The van der Waals surface area contributed by atoms with E-state index < -0.39 is 0 Å². The largest absolute Gasteiger partial charge is 0.399 e. The van der Waals surface area contributed by atoms with E-state index in [4.69, 9.17) is 5.73 Å². The highest BCUT2D eigenvalue weighted by Gasteiger charge is 2.14. The molecule has 2 heterocycles. The summed E-state index contributed by atoms with van der Waals surface area (Å²) in [7, 11) is 1.88. The Morgan fingerprint density at radius 1 is 1.43 bits per heavy atom. The average Bonchev–Trinajstić information content (AvgIpc) is 3.05. The molecule has 0 saturated heterocycles. The highest BCUT2D eigenvalue weighted by molar-refractivity contribution is 6.05. The van der Waals surface area contributed by atoms with E-state index in [1.165, 1.54) is 0 Å². The van der Waals surface area contributed by atoms with Gasteiger partial charge in [0.15, 0.2) is 5.69 Å². The highest BCUT2D eigenvalue weighted by Crippen LogP contribution is 2.18. The lowest BCUT2D eigenvalue weighted by molar-refractivity contribution is 0.0950. The summed E-state index contributed by atoms with van der Waals surface area (Å²) < 4.78 is 1.79. The summed E-state index contributed by atoms with van der Waals surface area (Å²) in [6, 6.07) is 7.25. The summed E-state index contributed by atoms with van der Waals surface area (Å²) in [6.45, 7) is 0.523. The van der Waals surface area contributed by atoms with Gasteiger partial charge in [0.25, 0.3) is 5.91 Å². The first kappa shape index (κ1) is 13.2. The molecule has 108 valence electrons. The molecule has 0 bridgehead atoms. The number of fused-ring (bicyclic) bond motifs is 1. The number of rotatable bonds is 4. The van der Waals surface area contributed by atoms with Gasteiger partial charge in [-0.1, -0.05) is 0 Å². The first-order chi connectivity index (χ1) is 10.1. The van der Waals surface area contributed by atoms with Gasteiger partial charge < -0.3 is 11.1 Å². The van der Waals surface area contributed by atoms with Crippen molar-refractivity contribution in [1.82, 2.24) is 25.3 Å². The second-order valence-electron chi connectivity index (χ2n) is 4.83. The molecule has 4 N–H and O–H groups in total. The topological polar surface area (TPSA) is 102 Å². The number of amides is 1. The second kappa shape index (κ2) is 5.28.